The second-order valence-corrected chi connectivity index (χ2v) is 3.16. The van der Waals surface area contributed by atoms with E-state index in [1.165, 1.54) is 6.07 Å². The highest BCUT2D eigenvalue weighted by atomic mass is 19.4. The Kier molecular flexibility index (Phi) is 3.41. The Balaban J connectivity index is 3.23. The Morgan fingerprint density at radius 3 is 2.56 bits per heavy atom. The summed E-state index contributed by atoms with van der Waals surface area (Å²) in [6.45, 7) is 1.89. The van der Waals surface area contributed by atoms with E-state index in [1.807, 2.05) is 0 Å². The fraction of sp³-hybridized carbons (Fsp3) is 0.300. The molecule has 0 aliphatic rings. The Bertz CT molecular complexity index is 402. The minimum Gasteiger partial charge on any atom is -0.399 e. The maximum atomic E-state index is 12.6. The van der Waals surface area contributed by atoms with Gasteiger partial charge in [0.2, 0.25) is 0 Å². The summed E-state index contributed by atoms with van der Waals surface area (Å²) in [5.41, 5.74) is 3.81. The normalized spacial score (nSPS) is 11.2. The van der Waals surface area contributed by atoms with Gasteiger partial charge in [-0.25, -0.2) is 0 Å². The van der Waals surface area contributed by atoms with Crippen LogP contribution in [0.1, 0.15) is 22.8 Å². The Hall–Kier alpha value is -1.72. The quantitative estimate of drug-likeness (QED) is 0.766. The van der Waals surface area contributed by atoms with Crippen molar-refractivity contribution >= 4 is 11.6 Å². The molecular formula is C10H11F3N2O. The summed E-state index contributed by atoms with van der Waals surface area (Å²) in [6.07, 6.45) is -4.59. The molecule has 0 aliphatic heterocycles. The van der Waals surface area contributed by atoms with E-state index in [0.29, 0.717) is 0 Å². The maximum Gasteiger partial charge on any atom is 0.417 e. The van der Waals surface area contributed by atoms with Crippen LogP contribution < -0.4 is 11.1 Å². The number of nitrogens with one attached hydrogen (secondary N) is 1. The molecule has 0 aliphatic carbocycles. The van der Waals surface area contributed by atoms with Crippen molar-refractivity contribution in [3.8, 4) is 0 Å². The lowest BCUT2D eigenvalue weighted by atomic mass is 10.1. The molecule has 3 nitrogen and oxygen atoms in total. The summed E-state index contributed by atoms with van der Waals surface area (Å²) in [7, 11) is 0. The van der Waals surface area contributed by atoms with Crippen LogP contribution in [0, 0.1) is 0 Å². The van der Waals surface area contributed by atoms with Crippen LogP contribution in [0.15, 0.2) is 18.2 Å². The van der Waals surface area contributed by atoms with Gasteiger partial charge in [0.25, 0.3) is 5.91 Å². The lowest BCUT2D eigenvalue weighted by Gasteiger charge is -2.12. The van der Waals surface area contributed by atoms with Gasteiger partial charge in [0.05, 0.1) is 11.1 Å². The van der Waals surface area contributed by atoms with Crippen LogP contribution >= 0.6 is 0 Å². The zero-order valence-electron chi connectivity index (χ0n) is 8.56. The van der Waals surface area contributed by atoms with Crippen molar-refractivity contribution in [3.05, 3.63) is 29.3 Å². The van der Waals surface area contributed by atoms with E-state index in [1.54, 1.807) is 6.92 Å². The first kappa shape index (κ1) is 12.4. The van der Waals surface area contributed by atoms with Gasteiger partial charge in [-0.05, 0) is 25.1 Å². The van der Waals surface area contributed by atoms with E-state index < -0.39 is 23.2 Å². The number of nitrogens with two attached hydrogens (primary N) is 1. The number of rotatable bonds is 2. The van der Waals surface area contributed by atoms with Crippen LogP contribution in [0.4, 0.5) is 18.9 Å². The molecule has 88 valence electrons. The van der Waals surface area contributed by atoms with Gasteiger partial charge >= 0.3 is 6.18 Å². The maximum absolute atomic E-state index is 12.6. The molecular weight excluding hydrogens is 221 g/mol. The molecule has 1 amide bonds. The van der Waals surface area contributed by atoms with Crippen molar-refractivity contribution in [1.29, 1.82) is 0 Å². The molecule has 6 heteroatoms. The van der Waals surface area contributed by atoms with E-state index in [9.17, 15) is 18.0 Å². The first-order valence-corrected chi connectivity index (χ1v) is 4.61. The fourth-order valence-corrected chi connectivity index (χ4v) is 1.25. The molecule has 0 saturated heterocycles. The third kappa shape index (κ3) is 2.65. The highest BCUT2D eigenvalue weighted by Gasteiger charge is 2.35. The van der Waals surface area contributed by atoms with Crippen LogP contribution in [0.2, 0.25) is 0 Å². The van der Waals surface area contributed by atoms with Crippen LogP contribution in [0.5, 0.6) is 0 Å². The van der Waals surface area contributed by atoms with Crippen molar-refractivity contribution in [2.45, 2.75) is 13.1 Å². The Morgan fingerprint density at radius 1 is 1.44 bits per heavy atom. The number of hydrogen-bond donors (Lipinski definition) is 2. The molecule has 3 N–H and O–H groups in total. The van der Waals surface area contributed by atoms with Crippen molar-refractivity contribution in [2.24, 2.45) is 0 Å². The molecule has 1 aromatic carbocycles. The van der Waals surface area contributed by atoms with E-state index in [0.717, 1.165) is 12.1 Å². The average molecular weight is 232 g/mol. The molecule has 0 saturated carbocycles. The number of benzene rings is 1. The number of carbonyl (C=O) groups excluding carboxylic acids is 1. The number of alkyl halides is 3. The minimum atomic E-state index is -4.59. The highest BCUT2D eigenvalue weighted by molar-refractivity contribution is 5.96. The molecule has 0 spiro atoms. The van der Waals surface area contributed by atoms with E-state index in [-0.39, 0.29) is 12.2 Å². The predicted octanol–water partition coefficient (Wildman–Crippen LogP) is 2.04. The zero-order valence-corrected chi connectivity index (χ0v) is 8.56. The van der Waals surface area contributed by atoms with Crippen molar-refractivity contribution in [3.63, 3.8) is 0 Å². The third-order valence-corrected chi connectivity index (χ3v) is 1.93. The monoisotopic (exact) mass is 232 g/mol. The molecule has 1 aromatic rings. The topological polar surface area (TPSA) is 55.1 Å². The lowest BCUT2D eigenvalue weighted by molar-refractivity contribution is -0.137. The SMILES string of the molecule is CCNC(=O)c1ccc(N)cc1C(F)(F)F. The fourth-order valence-electron chi connectivity index (χ4n) is 1.25. The van der Waals surface area contributed by atoms with Gasteiger partial charge in [0.15, 0.2) is 0 Å². The summed E-state index contributed by atoms with van der Waals surface area (Å²) in [5, 5.41) is 2.31. The van der Waals surface area contributed by atoms with Crippen molar-refractivity contribution in [1.82, 2.24) is 5.32 Å². The number of amides is 1. The van der Waals surface area contributed by atoms with Crippen LogP contribution in [0.3, 0.4) is 0 Å². The standard InChI is InChI=1S/C10H11F3N2O/c1-2-15-9(16)7-4-3-6(14)5-8(7)10(11,12)13/h3-5H,2,14H2,1H3,(H,15,16). The number of carbonyl (C=O) groups is 1. The summed E-state index contributed by atoms with van der Waals surface area (Å²) >= 11 is 0. The molecule has 16 heavy (non-hydrogen) atoms. The van der Waals surface area contributed by atoms with Crippen LogP contribution in [-0.2, 0) is 6.18 Å². The first-order valence-electron chi connectivity index (χ1n) is 4.61. The molecule has 0 aromatic heterocycles. The van der Waals surface area contributed by atoms with E-state index >= 15 is 0 Å². The molecule has 0 radical (unpaired) electrons. The summed E-state index contributed by atoms with van der Waals surface area (Å²) in [6, 6.07) is 3.09. The third-order valence-electron chi connectivity index (χ3n) is 1.93. The predicted molar refractivity (Wildman–Crippen MR) is 53.9 cm³/mol. The molecule has 0 fully saturated rings. The largest absolute Gasteiger partial charge is 0.417 e. The Labute approximate surface area is 90.4 Å². The summed E-state index contributed by atoms with van der Waals surface area (Å²) in [5.74, 6) is -0.755. The molecule has 0 bridgehead atoms. The van der Waals surface area contributed by atoms with Gasteiger partial charge in [-0.2, -0.15) is 13.2 Å². The van der Waals surface area contributed by atoms with Gasteiger partial charge in [0.1, 0.15) is 0 Å². The minimum absolute atomic E-state index is 0.0274. The molecule has 0 atom stereocenters. The van der Waals surface area contributed by atoms with Gasteiger partial charge in [-0.1, -0.05) is 0 Å². The summed E-state index contributed by atoms with van der Waals surface area (Å²) < 4.78 is 37.8. The van der Waals surface area contributed by atoms with Gasteiger partial charge in [-0.3, -0.25) is 4.79 Å². The number of anilines is 1. The first-order chi connectivity index (χ1) is 7.36. The number of halogens is 3. The zero-order chi connectivity index (χ0) is 12.3. The molecule has 0 heterocycles. The number of hydrogen-bond acceptors (Lipinski definition) is 2. The average Bonchev–Trinajstić information content (AvgIpc) is 2.16. The van der Waals surface area contributed by atoms with Crippen molar-refractivity contribution in [2.75, 3.05) is 12.3 Å². The van der Waals surface area contributed by atoms with Gasteiger partial charge < -0.3 is 11.1 Å². The molecule has 1 rings (SSSR count). The smallest absolute Gasteiger partial charge is 0.399 e. The van der Waals surface area contributed by atoms with Gasteiger partial charge in [-0.15, -0.1) is 0 Å². The molecule has 0 unspecified atom stereocenters. The van der Waals surface area contributed by atoms with Crippen LogP contribution in [0.25, 0.3) is 0 Å². The Morgan fingerprint density at radius 2 is 2.06 bits per heavy atom. The van der Waals surface area contributed by atoms with Crippen LogP contribution in [-0.4, -0.2) is 12.5 Å². The lowest BCUT2D eigenvalue weighted by Crippen LogP contribution is -2.26. The van der Waals surface area contributed by atoms with Gasteiger partial charge in [0, 0.05) is 12.2 Å². The van der Waals surface area contributed by atoms with E-state index in [2.05, 4.69) is 5.32 Å². The second kappa shape index (κ2) is 4.42. The number of nitrogen functional groups attached to an aromatic ring is 1. The highest BCUT2D eigenvalue weighted by Crippen LogP contribution is 2.33. The van der Waals surface area contributed by atoms with E-state index in [4.69, 9.17) is 5.73 Å². The second-order valence-electron chi connectivity index (χ2n) is 3.16. The summed E-state index contributed by atoms with van der Waals surface area (Å²) in [4.78, 5) is 11.4. The van der Waals surface area contributed by atoms with Crippen molar-refractivity contribution < 1.29 is 18.0 Å².